The molecule has 1 aliphatic carbocycles. The second kappa shape index (κ2) is 6.62. The van der Waals surface area contributed by atoms with Crippen molar-refractivity contribution in [2.24, 2.45) is 0 Å². The molecule has 3 heterocycles. The maximum atomic E-state index is 11.9. The number of rotatable bonds is 6. The summed E-state index contributed by atoms with van der Waals surface area (Å²) in [4.78, 5) is 25.8. The summed E-state index contributed by atoms with van der Waals surface area (Å²) in [5.41, 5.74) is 3.40. The molecule has 2 atom stereocenters. The first kappa shape index (κ1) is 18.5. The van der Waals surface area contributed by atoms with Crippen LogP contribution in [0.1, 0.15) is 40.9 Å². The fourth-order valence-corrected chi connectivity index (χ4v) is 5.60. The summed E-state index contributed by atoms with van der Waals surface area (Å²) in [7, 11) is 0. The molecule has 2 saturated heterocycles. The van der Waals surface area contributed by atoms with E-state index in [2.05, 4.69) is 80.4 Å². The molecule has 0 spiro atoms. The summed E-state index contributed by atoms with van der Waals surface area (Å²) in [5.74, 6) is 0.330. The zero-order valence-corrected chi connectivity index (χ0v) is 17.4. The zero-order chi connectivity index (χ0) is 21.1. The minimum absolute atomic E-state index is 0.139. The highest BCUT2D eigenvalue weighted by Gasteiger charge is 2.89. The van der Waals surface area contributed by atoms with Crippen LogP contribution in [0.5, 0.6) is 0 Å². The standard InChI is InChI=1S/C25H24N4O2/c1-2-31-22(30)20-13-26-23(27-14-20)29-17-24-15-25(24,29)16-28(24)21(18-9-5-3-6-10-18)19-11-7-4-8-12-19/h3-14,21H,2,15-17H2,1H3/t24-,25?/m1/s1. The van der Waals surface area contributed by atoms with Gasteiger partial charge in [-0.25, -0.2) is 14.8 Å². The van der Waals surface area contributed by atoms with Crippen molar-refractivity contribution >= 4 is 11.9 Å². The molecule has 2 aliphatic heterocycles. The Balaban J connectivity index is 1.24. The third-order valence-corrected chi connectivity index (χ3v) is 7.18. The van der Waals surface area contributed by atoms with Crippen LogP contribution in [0.2, 0.25) is 0 Å². The van der Waals surface area contributed by atoms with E-state index in [9.17, 15) is 4.79 Å². The fourth-order valence-electron chi connectivity index (χ4n) is 5.60. The lowest BCUT2D eigenvalue weighted by molar-refractivity contribution is -0.0172. The monoisotopic (exact) mass is 412 g/mol. The van der Waals surface area contributed by atoms with Gasteiger partial charge in [-0.1, -0.05) is 60.7 Å². The van der Waals surface area contributed by atoms with Crippen LogP contribution >= 0.6 is 0 Å². The highest BCUT2D eigenvalue weighted by molar-refractivity contribution is 5.88. The number of likely N-dealkylation sites (tertiary alicyclic amines) is 1. The number of nitrogens with zero attached hydrogens (tertiary/aromatic N) is 4. The minimum atomic E-state index is -0.375. The number of esters is 1. The molecule has 6 heteroatoms. The Morgan fingerprint density at radius 2 is 1.58 bits per heavy atom. The second-order valence-corrected chi connectivity index (χ2v) is 8.67. The number of piperazine rings is 1. The van der Waals surface area contributed by atoms with Gasteiger partial charge in [0.1, 0.15) is 0 Å². The summed E-state index contributed by atoms with van der Waals surface area (Å²) >= 11 is 0. The summed E-state index contributed by atoms with van der Waals surface area (Å²) < 4.78 is 5.03. The summed E-state index contributed by atoms with van der Waals surface area (Å²) in [6.07, 6.45) is 4.29. The number of anilines is 1. The molecule has 2 aromatic carbocycles. The van der Waals surface area contributed by atoms with Gasteiger partial charge >= 0.3 is 5.97 Å². The van der Waals surface area contributed by atoms with Crippen LogP contribution in [0.25, 0.3) is 0 Å². The van der Waals surface area contributed by atoms with Crippen LogP contribution in [0.4, 0.5) is 5.95 Å². The zero-order valence-electron chi connectivity index (χ0n) is 17.4. The molecule has 6 rings (SSSR count). The van der Waals surface area contributed by atoms with Crippen molar-refractivity contribution in [1.29, 1.82) is 0 Å². The van der Waals surface area contributed by atoms with Crippen LogP contribution in [0.3, 0.4) is 0 Å². The van der Waals surface area contributed by atoms with Gasteiger partial charge in [0.25, 0.3) is 0 Å². The third-order valence-electron chi connectivity index (χ3n) is 7.18. The van der Waals surface area contributed by atoms with Gasteiger partial charge in [0.05, 0.1) is 29.3 Å². The van der Waals surface area contributed by atoms with Crippen molar-refractivity contribution in [3.8, 4) is 0 Å². The van der Waals surface area contributed by atoms with Crippen molar-refractivity contribution in [2.45, 2.75) is 30.5 Å². The Bertz CT molecular complexity index is 1080. The first-order valence-electron chi connectivity index (χ1n) is 10.8. The minimum Gasteiger partial charge on any atom is -0.462 e. The quantitative estimate of drug-likeness (QED) is 0.578. The molecule has 0 bridgehead atoms. The van der Waals surface area contributed by atoms with Crippen LogP contribution in [-0.2, 0) is 4.74 Å². The molecule has 1 unspecified atom stereocenters. The normalized spacial score (nSPS) is 25.8. The number of hydrogen-bond acceptors (Lipinski definition) is 6. The SMILES string of the molecule is CCOC(=O)c1cnc(N2C[C@]34CC23CN4C(c2ccccc2)c2ccccc2)nc1. The summed E-state index contributed by atoms with van der Waals surface area (Å²) in [6, 6.07) is 21.8. The van der Waals surface area contributed by atoms with Gasteiger partial charge in [-0.05, 0) is 24.5 Å². The number of carbonyl (C=O) groups is 1. The molecule has 3 fully saturated rings. The van der Waals surface area contributed by atoms with Gasteiger partial charge in [0, 0.05) is 25.5 Å². The Labute approximate surface area is 181 Å². The maximum absolute atomic E-state index is 11.9. The Morgan fingerprint density at radius 3 is 2.10 bits per heavy atom. The smallest absolute Gasteiger partial charge is 0.341 e. The number of ether oxygens (including phenoxy) is 1. The van der Waals surface area contributed by atoms with E-state index >= 15 is 0 Å². The highest BCUT2D eigenvalue weighted by atomic mass is 16.5. The van der Waals surface area contributed by atoms with Crippen LogP contribution < -0.4 is 4.90 Å². The molecule has 3 aliphatic rings. The Hall–Kier alpha value is -3.25. The van der Waals surface area contributed by atoms with Gasteiger partial charge in [0.15, 0.2) is 0 Å². The van der Waals surface area contributed by atoms with E-state index in [1.165, 1.54) is 11.1 Å². The van der Waals surface area contributed by atoms with Crippen molar-refractivity contribution in [3.05, 3.63) is 89.7 Å². The first-order chi connectivity index (χ1) is 15.2. The summed E-state index contributed by atoms with van der Waals surface area (Å²) in [6.45, 7) is 4.05. The predicted molar refractivity (Wildman–Crippen MR) is 117 cm³/mol. The highest BCUT2D eigenvalue weighted by Crippen LogP contribution is 2.74. The predicted octanol–water partition coefficient (Wildman–Crippen LogP) is 3.46. The van der Waals surface area contributed by atoms with Crippen molar-refractivity contribution < 1.29 is 9.53 Å². The lowest BCUT2D eigenvalue weighted by Gasteiger charge is -2.63. The molecule has 1 aromatic heterocycles. The van der Waals surface area contributed by atoms with Gasteiger partial charge in [-0.15, -0.1) is 0 Å². The van der Waals surface area contributed by atoms with E-state index in [4.69, 9.17) is 4.74 Å². The Morgan fingerprint density at radius 1 is 0.968 bits per heavy atom. The van der Waals surface area contributed by atoms with Crippen molar-refractivity contribution in [2.75, 3.05) is 24.6 Å². The van der Waals surface area contributed by atoms with Crippen molar-refractivity contribution in [3.63, 3.8) is 0 Å². The fraction of sp³-hybridized carbons (Fsp3) is 0.320. The van der Waals surface area contributed by atoms with E-state index in [1.807, 2.05) is 0 Å². The number of carbonyl (C=O) groups excluding carboxylic acids is 1. The molecule has 0 N–H and O–H groups in total. The lowest BCUT2D eigenvalue weighted by atomic mass is 9.81. The number of aromatic nitrogens is 2. The molecule has 0 radical (unpaired) electrons. The molecular weight excluding hydrogens is 388 g/mol. The van der Waals surface area contributed by atoms with Crippen LogP contribution in [0.15, 0.2) is 73.1 Å². The largest absolute Gasteiger partial charge is 0.462 e. The molecular formula is C25H24N4O2. The van der Waals surface area contributed by atoms with Gasteiger partial charge < -0.3 is 9.64 Å². The number of benzene rings is 2. The van der Waals surface area contributed by atoms with Gasteiger partial charge in [0.2, 0.25) is 5.95 Å². The van der Waals surface area contributed by atoms with Crippen LogP contribution in [-0.4, -0.2) is 51.6 Å². The van der Waals surface area contributed by atoms with E-state index < -0.39 is 0 Å². The topological polar surface area (TPSA) is 58.6 Å². The number of hydrogen-bond donors (Lipinski definition) is 0. The van der Waals surface area contributed by atoms with Crippen molar-refractivity contribution in [1.82, 2.24) is 14.9 Å². The second-order valence-electron chi connectivity index (χ2n) is 8.67. The third kappa shape index (κ3) is 2.51. The molecule has 3 aromatic rings. The van der Waals surface area contributed by atoms with Gasteiger partial charge in [-0.3, -0.25) is 4.90 Å². The lowest BCUT2D eigenvalue weighted by Crippen LogP contribution is -2.79. The average molecular weight is 412 g/mol. The molecule has 156 valence electrons. The molecule has 6 nitrogen and oxygen atoms in total. The molecule has 1 saturated carbocycles. The average Bonchev–Trinajstić information content (AvgIpc) is 3.14. The van der Waals surface area contributed by atoms with E-state index in [0.29, 0.717) is 18.1 Å². The van der Waals surface area contributed by atoms with Gasteiger partial charge in [-0.2, -0.15) is 0 Å². The summed E-state index contributed by atoms with van der Waals surface area (Å²) in [5, 5.41) is 0. The van der Waals surface area contributed by atoms with E-state index in [-0.39, 0.29) is 23.1 Å². The van der Waals surface area contributed by atoms with E-state index in [1.54, 1.807) is 19.3 Å². The maximum Gasteiger partial charge on any atom is 0.341 e. The molecule has 0 amide bonds. The first-order valence-corrected chi connectivity index (χ1v) is 10.8. The van der Waals surface area contributed by atoms with E-state index in [0.717, 1.165) is 19.5 Å². The molecule has 31 heavy (non-hydrogen) atoms. The van der Waals surface area contributed by atoms with Crippen LogP contribution in [0, 0.1) is 0 Å². The Kier molecular flexibility index (Phi) is 3.96.